The normalized spacial score (nSPS) is 10.8. The van der Waals surface area contributed by atoms with E-state index < -0.39 is 0 Å². The molecule has 1 heterocycles. The Morgan fingerprint density at radius 2 is 1.71 bits per heavy atom. The number of rotatable bonds is 4. The van der Waals surface area contributed by atoms with E-state index in [1.165, 1.54) is 0 Å². The topological polar surface area (TPSA) is 45.4 Å². The van der Waals surface area contributed by atoms with Gasteiger partial charge in [-0.3, -0.25) is 0 Å². The van der Waals surface area contributed by atoms with Crippen molar-refractivity contribution in [2.75, 3.05) is 5.32 Å². The summed E-state index contributed by atoms with van der Waals surface area (Å²) in [6.45, 7) is 2.41. The monoisotopic (exact) mass is 381 g/mol. The van der Waals surface area contributed by atoms with Crippen molar-refractivity contribution >= 4 is 40.5 Å². The molecule has 3 rings (SSSR count). The Labute approximate surface area is 154 Å². The van der Waals surface area contributed by atoms with Gasteiger partial charge in [0.05, 0.1) is 16.6 Å². The second kappa shape index (κ2) is 6.98. The average Bonchev–Trinajstić information content (AvgIpc) is 3.02. The van der Waals surface area contributed by atoms with Crippen LogP contribution in [-0.4, -0.2) is 5.11 Å². The van der Waals surface area contributed by atoms with Crippen molar-refractivity contribution in [1.29, 1.82) is 0 Å². The van der Waals surface area contributed by atoms with Gasteiger partial charge in [-0.15, -0.1) is 0 Å². The zero-order chi connectivity index (χ0) is 17.3. The summed E-state index contributed by atoms with van der Waals surface area (Å²) in [5.41, 5.74) is 2.63. The highest BCUT2D eigenvalue weighted by molar-refractivity contribution is 6.37. The number of anilines is 1. The summed E-state index contributed by atoms with van der Waals surface area (Å²) >= 11 is 18.0. The quantitative estimate of drug-likeness (QED) is 0.504. The molecule has 0 spiro atoms. The van der Waals surface area contributed by atoms with Crippen LogP contribution in [0.1, 0.15) is 11.3 Å². The molecule has 0 saturated carbocycles. The lowest BCUT2D eigenvalue weighted by Crippen LogP contribution is -1.98. The van der Waals surface area contributed by atoms with E-state index in [4.69, 9.17) is 39.2 Å². The Morgan fingerprint density at radius 3 is 2.42 bits per heavy atom. The Balaban J connectivity index is 1.76. The van der Waals surface area contributed by atoms with Crippen molar-refractivity contribution in [2.24, 2.45) is 0 Å². The molecule has 24 heavy (non-hydrogen) atoms. The second-order valence-corrected chi connectivity index (χ2v) is 6.54. The third kappa shape index (κ3) is 3.48. The van der Waals surface area contributed by atoms with E-state index in [0.29, 0.717) is 17.3 Å². The first-order valence-electron chi connectivity index (χ1n) is 7.22. The smallest absolute Gasteiger partial charge is 0.152 e. The van der Waals surface area contributed by atoms with Crippen LogP contribution in [0.25, 0.3) is 11.3 Å². The predicted molar refractivity (Wildman–Crippen MR) is 99.3 cm³/mol. The zero-order valence-corrected chi connectivity index (χ0v) is 15.0. The van der Waals surface area contributed by atoms with E-state index >= 15 is 0 Å². The van der Waals surface area contributed by atoms with Gasteiger partial charge in [0.1, 0.15) is 11.5 Å². The Bertz CT molecular complexity index is 867. The van der Waals surface area contributed by atoms with Crippen LogP contribution in [0.4, 0.5) is 5.69 Å². The van der Waals surface area contributed by atoms with Gasteiger partial charge in [-0.25, -0.2) is 0 Å². The third-order valence-corrected chi connectivity index (χ3v) is 4.66. The number of phenolic OH excluding ortho intramolecular Hbond substituents is 1. The minimum Gasteiger partial charge on any atom is -0.505 e. The van der Waals surface area contributed by atoms with Crippen LogP contribution in [0, 0.1) is 6.92 Å². The van der Waals surface area contributed by atoms with Gasteiger partial charge in [-0.05, 0) is 42.8 Å². The molecule has 0 aliphatic heterocycles. The maximum Gasteiger partial charge on any atom is 0.152 e. The summed E-state index contributed by atoms with van der Waals surface area (Å²) in [5.74, 6) is 1.39. The fraction of sp³-hybridized carbons (Fsp3) is 0.111. The molecule has 0 bridgehead atoms. The van der Waals surface area contributed by atoms with Crippen molar-refractivity contribution in [3.05, 3.63) is 68.9 Å². The Kier molecular flexibility index (Phi) is 4.95. The molecule has 0 amide bonds. The highest BCUT2D eigenvalue weighted by Gasteiger charge is 2.10. The van der Waals surface area contributed by atoms with Gasteiger partial charge in [0.15, 0.2) is 5.75 Å². The molecule has 3 aromatic rings. The number of furan rings is 1. The van der Waals surface area contributed by atoms with Crippen LogP contribution in [0.2, 0.25) is 15.1 Å². The molecule has 0 saturated heterocycles. The van der Waals surface area contributed by atoms with Gasteiger partial charge in [0, 0.05) is 16.3 Å². The Hall–Kier alpha value is -1.81. The van der Waals surface area contributed by atoms with Gasteiger partial charge < -0.3 is 14.8 Å². The van der Waals surface area contributed by atoms with E-state index in [1.54, 1.807) is 12.1 Å². The van der Waals surface area contributed by atoms with Crippen LogP contribution in [0.5, 0.6) is 5.75 Å². The van der Waals surface area contributed by atoms with E-state index in [1.807, 2.05) is 37.3 Å². The van der Waals surface area contributed by atoms with Gasteiger partial charge in [0.2, 0.25) is 0 Å². The number of benzene rings is 2. The van der Waals surface area contributed by atoms with Crippen molar-refractivity contribution < 1.29 is 9.52 Å². The lowest BCUT2D eigenvalue weighted by Gasteiger charge is -2.08. The number of halogens is 3. The highest BCUT2D eigenvalue weighted by atomic mass is 35.5. The molecule has 1 aromatic heterocycles. The molecular formula is C18H14Cl3NO2. The predicted octanol–water partition coefficient (Wildman–Crippen LogP) is 6.53. The fourth-order valence-electron chi connectivity index (χ4n) is 2.35. The first-order chi connectivity index (χ1) is 11.5. The molecule has 2 aromatic carbocycles. The van der Waals surface area contributed by atoms with Gasteiger partial charge >= 0.3 is 0 Å². The number of phenols is 1. The minimum absolute atomic E-state index is 0.124. The molecule has 0 aliphatic carbocycles. The first-order valence-corrected chi connectivity index (χ1v) is 8.35. The van der Waals surface area contributed by atoms with E-state index in [9.17, 15) is 5.11 Å². The first kappa shape index (κ1) is 17.0. The second-order valence-electron chi connectivity index (χ2n) is 5.32. The number of nitrogens with one attached hydrogen (secondary N) is 1. The minimum atomic E-state index is -0.124. The van der Waals surface area contributed by atoms with Crippen molar-refractivity contribution in [3.8, 4) is 17.1 Å². The molecule has 0 aliphatic rings. The molecule has 0 radical (unpaired) electrons. The summed E-state index contributed by atoms with van der Waals surface area (Å²) < 4.78 is 5.87. The van der Waals surface area contributed by atoms with Gasteiger partial charge in [-0.1, -0.05) is 46.9 Å². The van der Waals surface area contributed by atoms with Crippen molar-refractivity contribution in [1.82, 2.24) is 0 Å². The van der Waals surface area contributed by atoms with Gasteiger partial charge in [-0.2, -0.15) is 0 Å². The molecule has 0 atom stereocenters. The molecular weight excluding hydrogens is 369 g/mol. The van der Waals surface area contributed by atoms with Crippen molar-refractivity contribution in [3.63, 3.8) is 0 Å². The highest BCUT2D eigenvalue weighted by Crippen LogP contribution is 2.35. The fourth-order valence-corrected chi connectivity index (χ4v) is 3.01. The molecule has 124 valence electrons. The molecule has 0 fully saturated rings. The van der Waals surface area contributed by atoms with Gasteiger partial charge in [0.25, 0.3) is 0 Å². The third-order valence-electron chi connectivity index (χ3n) is 3.68. The molecule has 0 unspecified atom stereocenters. The van der Waals surface area contributed by atoms with Crippen LogP contribution in [-0.2, 0) is 6.54 Å². The number of aromatic hydroxyl groups is 1. The van der Waals surface area contributed by atoms with Crippen LogP contribution in [0.15, 0.2) is 46.9 Å². The molecule has 3 nitrogen and oxygen atoms in total. The summed E-state index contributed by atoms with van der Waals surface area (Å²) in [7, 11) is 0. The zero-order valence-electron chi connectivity index (χ0n) is 12.7. The lowest BCUT2D eigenvalue weighted by molar-refractivity contribution is 0.476. The summed E-state index contributed by atoms with van der Waals surface area (Å²) in [5, 5.41) is 13.8. The standard InChI is InChI=1S/C18H14Cl3NO2/c1-10-13(3-2-4-14(10)19)17-6-5-12(24-17)9-22-11-7-15(20)18(23)16(21)8-11/h2-8,22-23H,9H2,1H3. The Morgan fingerprint density at radius 1 is 1.00 bits per heavy atom. The summed E-state index contributed by atoms with van der Waals surface area (Å²) in [4.78, 5) is 0. The average molecular weight is 383 g/mol. The van der Waals surface area contributed by atoms with Crippen LogP contribution in [0.3, 0.4) is 0 Å². The number of hydrogen-bond acceptors (Lipinski definition) is 3. The van der Waals surface area contributed by atoms with E-state index in [2.05, 4.69) is 5.32 Å². The maximum atomic E-state index is 9.57. The van der Waals surface area contributed by atoms with Crippen molar-refractivity contribution in [2.45, 2.75) is 13.5 Å². The molecule has 2 N–H and O–H groups in total. The van der Waals surface area contributed by atoms with E-state index in [0.717, 1.165) is 22.6 Å². The number of hydrogen-bond donors (Lipinski definition) is 2. The van der Waals surface area contributed by atoms with Crippen LogP contribution < -0.4 is 5.32 Å². The maximum absolute atomic E-state index is 9.57. The SMILES string of the molecule is Cc1c(Cl)cccc1-c1ccc(CNc2cc(Cl)c(O)c(Cl)c2)o1. The van der Waals surface area contributed by atoms with E-state index in [-0.39, 0.29) is 15.8 Å². The largest absolute Gasteiger partial charge is 0.505 e. The molecule has 6 heteroatoms. The summed E-state index contributed by atoms with van der Waals surface area (Å²) in [6.07, 6.45) is 0. The summed E-state index contributed by atoms with van der Waals surface area (Å²) in [6, 6.07) is 12.7. The lowest BCUT2D eigenvalue weighted by atomic mass is 10.1. The van der Waals surface area contributed by atoms with Crippen LogP contribution >= 0.6 is 34.8 Å².